The van der Waals surface area contributed by atoms with E-state index in [1.165, 1.54) is 6.07 Å². The molecule has 1 aromatic heterocycles. The summed E-state index contributed by atoms with van der Waals surface area (Å²) in [4.78, 5) is 27.4. The van der Waals surface area contributed by atoms with E-state index in [9.17, 15) is 9.59 Å². The first-order valence-corrected chi connectivity index (χ1v) is 7.20. The number of carbonyl (C=O) groups is 2. The maximum Gasteiger partial charge on any atom is 0.233 e. The number of amides is 2. The van der Waals surface area contributed by atoms with Crippen LogP contribution in [0.5, 0.6) is 0 Å². The third-order valence-electron chi connectivity index (χ3n) is 2.74. The fourth-order valence-corrected chi connectivity index (χ4v) is 2.15. The number of aromatic nitrogens is 1. The third kappa shape index (κ3) is 5.02. The molecule has 2 amide bonds. The van der Waals surface area contributed by atoms with Gasteiger partial charge < -0.3 is 10.6 Å². The highest BCUT2D eigenvalue weighted by Gasteiger charge is 2.11. The monoisotopic (exact) mass is 337 g/mol. The van der Waals surface area contributed by atoms with Crippen molar-refractivity contribution in [2.24, 2.45) is 0 Å². The summed E-state index contributed by atoms with van der Waals surface area (Å²) < 4.78 is 0. The number of hydrogen-bond donors (Lipinski definition) is 2. The van der Waals surface area contributed by atoms with Crippen molar-refractivity contribution in [2.75, 3.05) is 5.32 Å². The Morgan fingerprint density at radius 3 is 2.64 bits per heavy atom. The van der Waals surface area contributed by atoms with E-state index >= 15 is 0 Å². The molecule has 0 spiro atoms. The number of benzene rings is 1. The minimum Gasteiger partial charge on any atom is -0.352 e. The Morgan fingerprint density at radius 2 is 1.95 bits per heavy atom. The lowest BCUT2D eigenvalue weighted by Crippen LogP contribution is -2.27. The van der Waals surface area contributed by atoms with Gasteiger partial charge in [0.25, 0.3) is 0 Å². The molecular weight excluding hydrogens is 325 g/mol. The quantitative estimate of drug-likeness (QED) is 0.823. The maximum absolute atomic E-state index is 11.8. The molecule has 0 aliphatic carbocycles. The van der Waals surface area contributed by atoms with E-state index in [1.807, 2.05) is 6.07 Å². The van der Waals surface area contributed by atoms with Crippen molar-refractivity contribution >= 4 is 40.7 Å². The van der Waals surface area contributed by atoms with Gasteiger partial charge in [-0.3, -0.25) is 14.6 Å². The van der Waals surface area contributed by atoms with Crippen LogP contribution in [0.25, 0.3) is 0 Å². The van der Waals surface area contributed by atoms with E-state index in [0.717, 1.165) is 5.56 Å². The lowest BCUT2D eigenvalue weighted by atomic mass is 10.2. The van der Waals surface area contributed by atoms with Crippen LogP contribution in [0.3, 0.4) is 0 Å². The van der Waals surface area contributed by atoms with Crippen molar-refractivity contribution in [1.82, 2.24) is 10.3 Å². The normalized spacial score (nSPS) is 10.1. The molecule has 5 nitrogen and oxygen atoms in total. The van der Waals surface area contributed by atoms with Crippen LogP contribution in [0.1, 0.15) is 12.0 Å². The zero-order valence-electron chi connectivity index (χ0n) is 11.5. The van der Waals surface area contributed by atoms with E-state index < -0.39 is 5.91 Å². The molecule has 0 aliphatic rings. The van der Waals surface area contributed by atoms with Gasteiger partial charge in [-0.25, -0.2) is 0 Å². The first-order chi connectivity index (χ1) is 10.5. The van der Waals surface area contributed by atoms with Crippen molar-refractivity contribution in [2.45, 2.75) is 13.0 Å². The number of pyridine rings is 1. The number of carbonyl (C=O) groups excluding carboxylic acids is 2. The molecule has 1 aromatic carbocycles. The average Bonchev–Trinajstić information content (AvgIpc) is 2.49. The highest BCUT2D eigenvalue weighted by molar-refractivity contribution is 6.36. The Kier molecular flexibility index (Phi) is 5.75. The Balaban J connectivity index is 1.82. The molecule has 0 fully saturated rings. The fourth-order valence-electron chi connectivity index (χ4n) is 1.70. The van der Waals surface area contributed by atoms with E-state index in [0.29, 0.717) is 22.3 Å². The van der Waals surface area contributed by atoms with Crippen molar-refractivity contribution < 1.29 is 9.59 Å². The summed E-state index contributed by atoms with van der Waals surface area (Å²) >= 11 is 11.7. The molecule has 0 unspecified atom stereocenters. The van der Waals surface area contributed by atoms with Gasteiger partial charge in [0.05, 0.1) is 10.7 Å². The summed E-state index contributed by atoms with van der Waals surface area (Å²) in [5.41, 5.74) is 1.27. The van der Waals surface area contributed by atoms with Gasteiger partial charge in [0, 0.05) is 24.0 Å². The lowest BCUT2D eigenvalue weighted by molar-refractivity contribution is -0.126. The zero-order chi connectivity index (χ0) is 15.9. The van der Waals surface area contributed by atoms with Crippen molar-refractivity contribution in [1.29, 1.82) is 0 Å². The molecule has 0 saturated heterocycles. The second-order valence-corrected chi connectivity index (χ2v) is 5.33. The summed E-state index contributed by atoms with van der Waals surface area (Å²) in [7, 11) is 0. The SMILES string of the molecule is O=C(CC(=O)Nc1ccc(Cl)cc1Cl)NCc1cccnc1. The van der Waals surface area contributed by atoms with Crippen LogP contribution in [0.2, 0.25) is 10.0 Å². The van der Waals surface area contributed by atoms with Gasteiger partial charge in [-0.1, -0.05) is 29.3 Å². The van der Waals surface area contributed by atoms with Crippen LogP contribution in [0.15, 0.2) is 42.7 Å². The smallest absolute Gasteiger partial charge is 0.233 e. The molecule has 2 rings (SSSR count). The molecule has 0 radical (unpaired) electrons. The number of nitrogens with one attached hydrogen (secondary N) is 2. The van der Waals surface area contributed by atoms with E-state index in [4.69, 9.17) is 23.2 Å². The highest BCUT2D eigenvalue weighted by Crippen LogP contribution is 2.25. The predicted octanol–water partition coefficient (Wildman–Crippen LogP) is 3.03. The lowest BCUT2D eigenvalue weighted by Gasteiger charge is -2.08. The van der Waals surface area contributed by atoms with Gasteiger partial charge in [0.1, 0.15) is 6.42 Å². The zero-order valence-corrected chi connectivity index (χ0v) is 13.0. The van der Waals surface area contributed by atoms with Gasteiger partial charge in [-0.2, -0.15) is 0 Å². The molecule has 0 aliphatic heterocycles. The standard InChI is InChI=1S/C15H13Cl2N3O2/c16-11-3-4-13(12(17)6-11)20-15(22)7-14(21)19-9-10-2-1-5-18-8-10/h1-6,8H,7,9H2,(H,19,21)(H,20,22). The first-order valence-electron chi connectivity index (χ1n) is 6.45. The number of hydrogen-bond acceptors (Lipinski definition) is 3. The van der Waals surface area contributed by atoms with Crippen LogP contribution in [-0.4, -0.2) is 16.8 Å². The van der Waals surface area contributed by atoms with Gasteiger partial charge in [0.15, 0.2) is 0 Å². The summed E-state index contributed by atoms with van der Waals surface area (Å²) in [5, 5.41) is 6.00. The summed E-state index contributed by atoms with van der Waals surface area (Å²) in [6, 6.07) is 8.31. The van der Waals surface area contributed by atoms with Crippen molar-refractivity contribution in [3.05, 3.63) is 58.3 Å². The van der Waals surface area contributed by atoms with Crippen LogP contribution >= 0.6 is 23.2 Å². The number of nitrogens with zero attached hydrogens (tertiary/aromatic N) is 1. The number of rotatable bonds is 5. The number of anilines is 1. The largest absolute Gasteiger partial charge is 0.352 e. The Morgan fingerprint density at radius 1 is 1.14 bits per heavy atom. The molecule has 7 heteroatoms. The average molecular weight is 338 g/mol. The first kappa shape index (κ1) is 16.3. The van der Waals surface area contributed by atoms with Gasteiger partial charge in [0.2, 0.25) is 11.8 Å². The van der Waals surface area contributed by atoms with Gasteiger partial charge in [-0.15, -0.1) is 0 Å². The highest BCUT2D eigenvalue weighted by atomic mass is 35.5. The predicted molar refractivity (Wildman–Crippen MR) is 85.8 cm³/mol. The van der Waals surface area contributed by atoms with E-state index in [1.54, 1.807) is 30.6 Å². The second kappa shape index (κ2) is 7.77. The Hall–Kier alpha value is -2.11. The van der Waals surface area contributed by atoms with Crippen LogP contribution in [-0.2, 0) is 16.1 Å². The molecule has 0 atom stereocenters. The van der Waals surface area contributed by atoms with Crippen molar-refractivity contribution in [3.63, 3.8) is 0 Å². The molecule has 0 bridgehead atoms. The van der Waals surface area contributed by atoms with Gasteiger partial charge in [-0.05, 0) is 29.8 Å². The van der Waals surface area contributed by atoms with Crippen LogP contribution in [0, 0.1) is 0 Å². The summed E-state index contributed by atoms with van der Waals surface area (Å²) in [5.74, 6) is -0.834. The molecule has 22 heavy (non-hydrogen) atoms. The Labute approximate surface area is 137 Å². The summed E-state index contributed by atoms with van der Waals surface area (Å²) in [6.07, 6.45) is 3.00. The summed E-state index contributed by atoms with van der Waals surface area (Å²) in [6.45, 7) is 0.321. The topological polar surface area (TPSA) is 71.1 Å². The molecule has 0 saturated carbocycles. The molecule has 1 heterocycles. The molecular formula is C15H13Cl2N3O2. The number of halogens is 2. The van der Waals surface area contributed by atoms with Gasteiger partial charge >= 0.3 is 0 Å². The molecule has 2 aromatic rings. The van der Waals surface area contributed by atoms with E-state index in [-0.39, 0.29) is 12.3 Å². The second-order valence-electron chi connectivity index (χ2n) is 4.49. The fraction of sp³-hybridized carbons (Fsp3) is 0.133. The molecule has 114 valence electrons. The molecule has 2 N–H and O–H groups in total. The Bertz CT molecular complexity index is 678. The van der Waals surface area contributed by atoms with Crippen LogP contribution in [0.4, 0.5) is 5.69 Å². The van der Waals surface area contributed by atoms with E-state index in [2.05, 4.69) is 15.6 Å². The third-order valence-corrected chi connectivity index (χ3v) is 3.29. The minimum atomic E-state index is -0.451. The van der Waals surface area contributed by atoms with Crippen LogP contribution < -0.4 is 10.6 Å². The minimum absolute atomic E-state index is 0.292. The maximum atomic E-state index is 11.8. The van der Waals surface area contributed by atoms with Crippen molar-refractivity contribution in [3.8, 4) is 0 Å².